The maximum Gasteiger partial charge on any atom is 0.0695 e. The van der Waals surface area contributed by atoms with Crippen LogP contribution in [0.25, 0.3) is 12.2 Å². The first-order valence-corrected chi connectivity index (χ1v) is 3.58. The van der Waals surface area contributed by atoms with Crippen molar-refractivity contribution < 1.29 is 0 Å². The average molecular weight is 145 g/mol. The fraction of sp³-hybridized carbons (Fsp3) is 0.100. The van der Waals surface area contributed by atoms with Gasteiger partial charge in [-0.25, -0.2) is 0 Å². The van der Waals surface area contributed by atoms with Crippen molar-refractivity contribution in [3.8, 4) is 0 Å². The molecule has 0 amide bonds. The molecule has 0 saturated heterocycles. The SMILES string of the molecule is C=Cc1ncccc1C=CC. The summed E-state index contributed by atoms with van der Waals surface area (Å²) in [5.41, 5.74) is 2.05. The Morgan fingerprint density at radius 2 is 2.36 bits per heavy atom. The van der Waals surface area contributed by atoms with Gasteiger partial charge in [-0.3, -0.25) is 4.98 Å². The lowest BCUT2D eigenvalue weighted by molar-refractivity contribution is 1.28. The first-order valence-electron chi connectivity index (χ1n) is 3.58. The quantitative estimate of drug-likeness (QED) is 0.623. The summed E-state index contributed by atoms with van der Waals surface area (Å²) in [6.45, 7) is 5.66. The summed E-state index contributed by atoms with van der Waals surface area (Å²) < 4.78 is 0. The minimum absolute atomic E-state index is 0.936. The Kier molecular flexibility index (Phi) is 2.61. The Morgan fingerprint density at radius 1 is 1.55 bits per heavy atom. The van der Waals surface area contributed by atoms with Crippen LogP contribution < -0.4 is 0 Å². The summed E-state index contributed by atoms with van der Waals surface area (Å²) in [7, 11) is 0. The second kappa shape index (κ2) is 3.71. The fourth-order valence-electron chi connectivity index (χ4n) is 0.921. The molecule has 1 aromatic rings. The number of rotatable bonds is 2. The predicted octanol–water partition coefficient (Wildman–Crippen LogP) is 2.76. The number of hydrogen-bond donors (Lipinski definition) is 0. The van der Waals surface area contributed by atoms with Crippen LogP contribution >= 0.6 is 0 Å². The summed E-state index contributed by atoms with van der Waals surface area (Å²) >= 11 is 0. The van der Waals surface area contributed by atoms with Gasteiger partial charge in [0.25, 0.3) is 0 Å². The molecule has 0 aromatic carbocycles. The van der Waals surface area contributed by atoms with E-state index in [0.29, 0.717) is 0 Å². The highest BCUT2D eigenvalue weighted by molar-refractivity contribution is 5.60. The Bertz CT molecular complexity index is 274. The number of nitrogens with zero attached hydrogens (tertiary/aromatic N) is 1. The highest BCUT2D eigenvalue weighted by atomic mass is 14.7. The van der Waals surface area contributed by atoms with Gasteiger partial charge in [-0.05, 0) is 24.6 Å². The molecular formula is C10H11N. The van der Waals surface area contributed by atoms with E-state index < -0.39 is 0 Å². The highest BCUT2D eigenvalue weighted by Crippen LogP contribution is 2.07. The van der Waals surface area contributed by atoms with E-state index in [1.165, 1.54) is 0 Å². The van der Waals surface area contributed by atoms with Crippen LogP contribution in [-0.2, 0) is 0 Å². The molecule has 0 bridgehead atoms. The Balaban J connectivity index is 3.11. The third-order valence-electron chi connectivity index (χ3n) is 1.41. The molecule has 1 nitrogen and oxygen atoms in total. The highest BCUT2D eigenvalue weighted by Gasteiger charge is 1.92. The molecule has 1 rings (SSSR count). The van der Waals surface area contributed by atoms with Gasteiger partial charge in [0.05, 0.1) is 5.69 Å². The summed E-state index contributed by atoms with van der Waals surface area (Å²) in [5.74, 6) is 0. The molecule has 0 spiro atoms. The lowest BCUT2D eigenvalue weighted by Crippen LogP contribution is -1.83. The molecule has 0 aliphatic heterocycles. The summed E-state index contributed by atoms with van der Waals surface area (Å²) in [6.07, 6.45) is 7.54. The summed E-state index contributed by atoms with van der Waals surface area (Å²) in [6, 6.07) is 3.94. The molecule has 0 aliphatic carbocycles. The second-order valence-electron chi connectivity index (χ2n) is 2.18. The van der Waals surface area contributed by atoms with Gasteiger partial charge in [0.15, 0.2) is 0 Å². The van der Waals surface area contributed by atoms with Crippen molar-refractivity contribution in [2.75, 3.05) is 0 Å². The van der Waals surface area contributed by atoms with Crippen LogP contribution in [0, 0.1) is 0 Å². The third kappa shape index (κ3) is 1.77. The standard InChI is InChI=1S/C10H11N/c1-3-6-9-7-5-8-11-10(9)4-2/h3-8H,2H2,1H3. The van der Waals surface area contributed by atoms with Crippen molar-refractivity contribution in [3.05, 3.63) is 42.2 Å². The molecular weight excluding hydrogens is 134 g/mol. The van der Waals surface area contributed by atoms with Crippen molar-refractivity contribution in [1.82, 2.24) is 4.98 Å². The van der Waals surface area contributed by atoms with Crippen molar-refractivity contribution in [2.24, 2.45) is 0 Å². The van der Waals surface area contributed by atoms with Gasteiger partial charge in [-0.1, -0.05) is 24.8 Å². The first kappa shape index (κ1) is 7.73. The summed E-state index contributed by atoms with van der Waals surface area (Å²) in [5, 5.41) is 0. The zero-order valence-electron chi connectivity index (χ0n) is 6.62. The molecule has 0 N–H and O–H groups in total. The van der Waals surface area contributed by atoms with E-state index in [1.54, 1.807) is 12.3 Å². The maximum absolute atomic E-state index is 4.15. The van der Waals surface area contributed by atoms with E-state index in [-0.39, 0.29) is 0 Å². The number of pyridine rings is 1. The fourth-order valence-corrected chi connectivity index (χ4v) is 0.921. The average Bonchev–Trinajstić information content (AvgIpc) is 2.06. The molecule has 1 aromatic heterocycles. The molecule has 11 heavy (non-hydrogen) atoms. The second-order valence-corrected chi connectivity index (χ2v) is 2.18. The van der Waals surface area contributed by atoms with E-state index in [1.807, 2.05) is 31.2 Å². The van der Waals surface area contributed by atoms with Gasteiger partial charge < -0.3 is 0 Å². The lowest BCUT2D eigenvalue weighted by atomic mass is 10.2. The molecule has 1 heteroatoms. The molecule has 0 radical (unpaired) electrons. The van der Waals surface area contributed by atoms with Crippen LogP contribution in [-0.4, -0.2) is 4.98 Å². The van der Waals surface area contributed by atoms with Crippen LogP contribution in [0.4, 0.5) is 0 Å². The van der Waals surface area contributed by atoms with Gasteiger partial charge in [0, 0.05) is 6.20 Å². The predicted molar refractivity (Wildman–Crippen MR) is 49.0 cm³/mol. The van der Waals surface area contributed by atoms with Crippen LogP contribution in [0.1, 0.15) is 18.2 Å². The zero-order valence-corrected chi connectivity index (χ0v) is 6.62. The van der Waals surface area contributed by atoms with Crippen molar-refractivity contribution in [1.29, 1.82) is 0 Å². The van der Waals surface area contributed by atoms with Crippen LogP contribution in [0.3, 0.4) is 0 Å². The van der Waals surface area contributed by atoms with Crippen molar-refractivity contribution in [3.63, 3.8) is 0 Å². The van der Waals surface area contributed by atoms with Crippen LogP contribution in [0.5, 0.6) is 0 Å². The Morgan fingerprint density at radius 3 is 3.00 bits per heavy atom. The summed E-state index contributed by atoms with van der Waals surface area (Å²) in [4.78, 5) is 4.15. The Labute approximate surface area is 67.1 Å². The van der Waals surface area contributed by atoms with E-state index >= 15 is 0 Å². The lowest BCUT2D eigenvalue weighted by Gasteiger charge is -1.96. The molecule has 0 unspecified atom stereocenters. The van der Waals surface area contributed by atoms with E-state index in [0.717, 1.165) is 11.3 Å². The molecule has 1 heterocycles. The van der Waals surface area contributed by atoms with Crippen molar-refractivity contribution >= 4 is 12.2 Å². The topological polar surface area (TPSA) is 12.9 Å². The van der Waals surface area contributed by atoms with E-state index in [9.17, 15) is 0 Å². The van der Waals surface area contributed by atoms with Crippen LogP contribution in [0.15, 0.2) is 31.0 Å². The molecule has 0 atom stereocenters. The Hall–Kier alpha value is -1.37. The largest absolute Gasteiger partial charge is 0.256 e. The minimum Gasteiger partial charge on any atom is -0.256 e. The van der Waals surface area contributed by atoms with Gasteiger partial charge in [-0.2, -0.15) is 0 Å². The van der Waals surface area contributed by atoms with E-state index in [4.69, 9.17) is 0 Å². The maximum atomic E-state index is 4.15. The molecule has 0 aliphatic rings. The van der Waals surface area contributed by atoms with Gasteiger partial charge in [0.1, 0.15) is 0 Å². The first-order chi connectivity index (χ1) is 5.38. The zero-order chi connectivity index (χ0) is 8.10. The number of aromatic nitrogens is 1. The number of allylic oxidation sites excluding steroid dienone is 1. The normalized spacial score (nSPS) is 10.3. The minimum atomic E-state index is 0.936. The monoisotopic (exact) mass is 145 g/mol. The van der Waals surface area contributed by atoms with E-state index in [2.05, 4.69) is 11.6 Å². The van der Waals surface area contributed by atoms with Crippen LogP contribution in [0.2, 0.25) is 0 Å². The molecule has 56 valence electrons. The number of hydrogen-bond acceptors (Lipinski definition) is 1. The van der Waals surface area contributed by atoms with Gasteiger partial charge in [0.2, 0.25) is 0 Å². The van der Waals surface area contributed by atoms with Crippen molar-refractivity contribution in [2.45, 2.75) is 6.92 Å². The smallest absolute Gasteiger partial charge is 0.0695 e. The molecule has 0 saturated carbocycles. The third-order valence-corrected chi connectivity index (χ3v) is 1.41. The molecule has 0 fully saturated rings. The van der Waals surface area contributed by atoms with Gasteiger partial charge in [-0.15, -0.1) is 0 Å². The van der Waals surface area contributed by atoms with Gasteiger partial charge >= 0.3 is 0 Å².